The average molecular weight is 433 g/mol. The van der Waals surface area contributed by atoms with Gasteiger partial charge in [0.05, 0.1) is 11.9 Å². The normalized spacial score (nSPS) is 11.3. The van der Waals surface area contributed by atoms with Crippen LogP contribution < -0.4 is 9.72 Å². The van der Waals surface area contributed by atoms with Crippen molar-refractivity contribution < 1.29 is 13.6 Å². The Hall–Kier alpha value is -3.58. The molecule has 7 heteroatoms. The molecule has 164 valence electrons. The number of hydrogen-bond acceptors (Lipinski definition) is 3. The Morgan fingerprint density at radius 2 is 2.03 bits per heavy atom. The summed E-state index contributed by atoms with van der Waals surface area (Å²) >= 11 is 0. The minimum atomic E-state index is -0.233. The standard InChI is InChI=1S/C25H26FN5O/c1-17-14-19(7-8-22(17)26)23-21(6-4-10-27-23)18-9-13-31-20(15-18)16-29-24(31)25(32)28-11-5-12-30(2)3/h4,6-10,13-16H,5,11-12H2,1-3H3,(H,28,32)/p+1. The zero-order valence-electron chi connectivity index (χ0n) is 18.5. The van der Waals surface area contributed by atoms with Crippen LogP contribution in [-0.4, -0.2) is 48.0 Å². The molecule has 0 radical (unpaired) electrons. The highest BCUT2D eigenvalue weighted by Crippen LogP contribution is 2.31. The molecule has 1 amide bonds. The molecule has 2 N–H and O–H groups in total. The number of carbonyl (C=O) groups is 1. The van der Waals surface area contributed by atoms with Crippen molar-refractivity contribution in [1.82, 2.24) is 20.2 Å². The van der Waals surface area contributed by atoms with Gasteiger partial charge in [-0.1, -0.05) is 6.07 Å². The van der Waals surface area contributed by atoms with E-state index in [9.17, 15) is 9.18 Å². The zero-order chi connectivity index (χ0) is 22.7. The van der Waals surface area contributed by atoms with E-state index in [1.54, 1.807) is 19.2 Å². The highest BCUT2D eigenvalue weighted by Gasteiger charge is 2.20. The van der Waals surface area contributed by atoms with Crippen LogP contribution in [-0.2, 0) is 0 Å². The topological polar surface area (TPSA) is 65.1 Å². The molecule has 0 aliphatic rings. The van der Waals surface area contributed by atoms with E-state index >= 15 is 0 Å². The molecule has 0 fully saturated rings. The van der Waals surface area contributed by atoms with Gasteiger partial charge in [-0.05, 0) is 81.5 Å². The third-order valence-corrected chi connectivity index (χ3v) is 5.42. The van der Waals surface area contributed by atoms with E-state index in [1.165, 1.54) is 6.07 Å². The predicted molar refractivity (Wildman–Crippen MR) is 123 cm³/mol. The van der Waals surface area contributed by atoms with Gasteiger partial charge in [-0.2, -0.15) is 4.40 Å². The molecule has 0 aliphatic carbocycles. The van der Waals surface area contributed by atoms with Crippen molar-refractivity contribution in [3.63, 3.8) is 0 Å². The van der Waals surface area contributed by atoms with Crippen molar-refractivity contribution in [2.24, 2.45) is 0 Å². The van der Waals surface area contributed by atoms with E-state index in [-0.39, 0.29) is 11.7 Å². The Labute approximate surface area is 186 Å². The van der Waals surface area contributed by atoms with E-state index < -0.39 is 0 Å². The Morgan fingerprint density at radius 1 is 1.19 bits per heavy atom. The van der Waals surface area contributed by atoms with Crippen molar-refractivity contribution in [2.45, 2.75) is 13.3 Å². The molecule has 4 rings (SSSR count). The van der Waals surface area contributed by atoms with Gasteiger partial charge in [0.2, 0.25) is 0 Å². The lowest BCUT2D eigenvalue weighted by molar-refractivity contribution is -0.514. The quantitative estimate of drug-likeness (QED) is 0.346. The summed E-state index contributed by atoms with van der Waals surface area (Å²) in [5, 5.41) is 2.96. The van der Waals surface area contributed by atoms with Gasteiger partial charge in [0, 0.05) is 23.9 Å². The minimum absolute atomic E-state index is 0.139. The lowest BCUT2D eigenvalue weighted by Crippen LogP contribution is -2.36. The molecule has 0 bridgehead atoms. The van der Waals surface area contributed by atoms with E-state index in [0.29, 0.717) is 17.9 Å². The van der Waals surface area contributed by atoms with Crippen LogP contribution in [0.25, 0.3) is 27.9 Å². The van der Waals surface area contributed by atoms with Crippen molar-refractivity contribution in [2.75, 3.05) is 27.2 Å². The Balaban J connectivity index is 1.62. The summed E-state index contributed by atoms with van der Waals surface area (Å²) in [4.78, 5) is 22.3. The summed E-state index contributed by atoms with van der Waals surface area (Å²) in [6.07, 6.45) is 6.32. The summed E-state index contributed by atoms with van der Waals surface area (Å²) in [6, 6.07) is 12.9. The summed E-state index contributed by atoms with van der Waals surface area (Å²) in [7, 11) is 4.03. The number of halogens is 1. The smallest absolute Gasteiger partial charge is 0.345 e. The van der Waals surface area contributed by atoms with Gasteiger partial charge in [-0.15, -0.1) is 0 Å². The molecule has 0 saturated carbocycles. The highest BCUT2D eigenvalue weighted by atomic mass is 19.1. The number of pyridine rings is 2. The Bertz CT molecular complexity index is 1260. The second-order valence-electron chi connectivity index (χ2n) is 8.12. The van der Waals surface area contributed by atoms with Crippen molar-refractivity contribution in [3.05, 3.63) is 78.3 Å². The largest absolute Gasteiger partial charge is 0.350 e. The van der Waals surface area contributed by atoms with Crippen LogP contribution in [0.3, 0.4) is 0 Å². The monoisotopic (exact) mass is 432 g/mol. The maximum atomic E-state index is 13.8. The molecule has 1 aromatic carbocycles. The predicted octanol–water partition coefficient (Wildman–Crippen LogP) is 3.61. The highest BCUT2D eigenvalue weighted by molar-refractivity contribution is 5.89. The van der Waals surface area contributed by atoms with Crippen LogP contribution in [0.15, 0.2) is 61.1 Å². The maximum Gasteiger partial charge on any atom is 0.350 e. The number of imidazole rings is 1. The fourth-order valence-corrected chi connectivity index (χ4v) is 3.73. The Kier molecular flexibility index (Phi) is 6.28. The summed E-state index contributed by atoms with van der Waals surface area (Å²) in [5.74, 6) is 0.112. The molecule has 32 heavy (non-hydrogen) atoms. The first-order valence-corrected chi connectivity index (χ1v) is 10.6. The maximum absolute atomic E-state index is 13.8. The van der Waals surface area contributed by atoms with Crippen LogP contribution in [0.4, 0.5) is 4.39 Å². The van der Waals surface area contributed by atoms with Gasteiger partial charge in [0.15, 0.2) is 5.52 Å². The fourth-order valence-electron chi connectivity index (χ4n) is 3.73. The average Bonchev–Trinajstić information content (AvgIpc) is 3.22. The molecule has 0 unspecified atom stereocenters. The van der Waals surface area contributed by atoms with Gasteiger partial charge < -0.3 is 10.2 Å². The zero-order valence-corrected chi connectivity index (χ0v) is 18.5. The molecule has 6 nitrogen and oxygen atoms in total. The van der Waals surface area contributed by atoms with Gasteiger partial charge in [-0.25, -0.2) is 9.37 Å². The number of fused-ring (bicyclic) bond motifs is 1. The molecule has 0 aliphatic heterocycles. The molecule has 3 heterocycles. The van der Waals surface area contributed by atoms with Crippen LogP contribution >= 0.6 is 0 Å². The molecular weight excluding hydrogens is 405 g/mol. The number of benzene rings is 1. The number of carbonyl (C=O) groups excluding carboxylic acids is 1. The number of nitrogens with one attached hydrogen (secondary N) is 2. The van der Waals surface area contributed by atoms with E-state index in [0.717, 1.165) is 40.9 Å². The number of aromatic amines is 1. The number of nitrogens with zero attached hydrogens (tertiary/aromatic N) is 3. The minimum Gasteiger partial charge on any atom is -0.345 e. The number of hydrogen-bond donors (Lipinski definition) is 2. The van der Waals surface area contributed by atoms with E-state index in [2.05, 4.69) is 20.2 Å². The number of amides is 1. The van der Waals surface area contributed by atoms with E-state index in [1.807, 2.05) is 61.2 Å². The summed E-state index contributed by atoms with van der Waals surface area (Å²) in [5.41, 5.74) is 5.00. The molecule has 0 saturated heterocycles. The Morgan fingerprint density at radius 3 is 2.81 bits per heavy atom. The molecule has 3 aromatic heterocycles. The molecule has 0 spiro atoms. The van der Waals surface area contributed by atoms with Crippen LogP contribution in [0.2, 0.25) is 0 Å². The third kappa shape index (κ3) is 4.53. The number of aromatic nitrogens is 3. The third-order valence-electron chi connectivity index (χ3n) is 5.42. The molecule has 0 atom stereocenters. The van der Waals surface area contributed by atoms with E-state index in [4.69, 9.17) is 0 Å². The van der Waals surface area contributed by atoms with Crippen molar-refractivity contribution >= 4 is 11.4 Å². The number of H-pyrrole nitrogens is 1. The molecular formula is C25H27FN5O+. The van der Waals surface area contributed by atoms with Crippen molar-refractivity contribution in [3.8, 4) is 22.4 Å². The van der Waals surface area contributed by atoms with Crippen LogP contribution in [0, 0.1) is 12.7 Å². The lowest BCUT2D eigenvalue weighted by atomic mass is 9.99. The van der Waals surface area contributed by atoms with Gasteiger partial charge >= 0.3 is 11.7 Å². The fraction of sp³-hybridized carbons (Fsp3) is 0.240. The van der Waals surface area contributed by atoms with Gasteiger partial charge in [-0.3, -0.25) is 9.78 Å². The SMILES string of the molecule is Cc1cc(-c2ncccc2-c2cc[n+]3c(C(=O)NCCCN(C)C)[nH]cc3c2)ccc1F. The second kappa shape index (κ2) is 9.28. The number of aryl methyl sites for hydroxylation is 1. The first-order valence-electron chi connectivity index (χ1n) is 10.6. The number of rotatable bonds is 7. The van der Waals surface area contributed by atoms with Crippen molar-refractivity contribution in [1.29, 1.82) is 0 Å². The van der Waals surface area contributed by atoms with Crippen LogP contribution in [0.1, 0.15) is 22.6 Å². The molecule has 4 aromatic rings. The summed E-state index contributed by atoms with van der Waals surface area (Å²) < 4.78 is 15.6. The van der Waals surface area contributed by atoms with Crippen LogP contribution in [0.5, 0.6) is 0 Å². The summed E-state index contributed by atoms with van der Waals surface area (Å²) in [6.45, 7) is 3.28. The first kappa shape index (κ1) is 21.6. The lowest BCUT2D eigenvalue weighted by Gasteiger charge is -2.10. The van der Waals surface area contributed by atoms with Gasteiger partial charge in [0.25, 0.3) is 0 Å². The van der Waals surface area contributed by atoms with Gasteiger partial charge in [0.1, 0.15) is 12.0 Å². The second-order valence-corrected chi connectivity index (χ2v) is 8.12. The first-order chi connectivity index (χ1) is 15.4.